The summed E-state index contributed by atoms with van der Waals surface area (Å²) in [6.45, 7) is 5.84. The molecule has 1 aliphatic heterocycles. The van der Waals surface area contributed by atoms with Gasteiger partial charge in [-0.3, -0.25) is 9.59 Å². The summed E-state index contributed by atoms with van der Waals surface area (Å²) in [7, 11) is 1.38. The number of furan rings is 1. The molecule has 166 valence electrons. The van der Waals surface area contributed by atoms with Gasteiger partial charge >= 0.3 is 0 Å². The third-order valence-corrected chi connectivity index (χ3v) is 5.32. The summed E-state index contributed by atoms with van der Waals surface area (Å²) in [5.74, 6) is -0.991. The number of methoxy groups -OCH3 is 1. The molecule has 9 heteroatoms. The Balaban J connectivity index is 2.17. The smallest absolute Gasteiger partial charge is 0.295 e. The number of nitrogens with zero attached hydrogens (tertiary/aromatic N) is 1. The van der Waals surface area contributed by atoms with Gasteiger partial charge in [0.05, 0.1) is 36.0 Å². The fourth-order valence-corrected chi connectivity index (χ4v) is 4.05. The van der Waals surface area contributed by atoms with Crippen LogP contribution in [0.5, 0.6) is 5.75 Å². The summed E-state index contributed by atoms with van der Waals surface area (Å²) in [4.78, 5) is 27.2. The van der Waals surface area contributed by atoms with Crippen molar-refractivity contribution in [3.63, 3.8) is 0 Å². The molecular formula is C22H23Cl2NO6. The Morgan fingerprint density at radius 2 is 1.97 bits per heavy atom. The predicted octanol–water partition coefficient (Wildman–Crippen LogP) is 4.75. The van der Waals surface area contributed by atoms with Gasteiger partial charge in [0, 0.05) is 11.6 Å². The van der Waals surface area contributed by atoms with Gasteiger partial charge in [-0.25, -0.2) is 0 Å². The van der Waals surface area contributed by atoms with E-state index in [0.717, 1.165) is 0 Å². The molecule has 0 spiro atoms. The van der Waals surface area contributed by atoms with Gasteiger partial charge in [-0.05, 0) is 45.0 Å². The van der Waals surface area contributed by atoms with Crippen LogP contribution in [0.4, 0.5) is 0 Å². The molecule has 0 bridgehead atoms. The number of Topliss-reactive ketones (excluding diaryl/α,β-unsaturated/α-hetero) is 1. The first kappa shape index (κ1) is 23.2. The quantitative estimate of drug-likeness (QED) is 0.359. The minimum atomic E-state index is -0.938. The zero-order valence-corrected chi connectivity index (χ0v) is 19.1. The monoisotopic (exact) mass is 467 g/mol. The number of aryl methyl sites for hydroxylation is 1. The van der Waals surface area contributed by atoms with Gasteiger partial charge in [0.1, 0.15) is 29.1 Å². The van der Waals surface area contributed by atoms with Gasteiger partial charge in [0.25, 0.3) is 11.7 Å². The standard InChI is InChI=1S/C22H23Cl2NO6/c1-11(2)30-8-7-25-18(16-6-5-12(3)31-16)17(20(27)22(25)28)19(26)14-9-13(23)10-15(24)21(14)29-4/h5-6,9-11,18,26H,7-8H2,1-4H3/b19-17+. The second-order valence-corrected chi connectivity index (χ2v) is 8.17. The van der Waals surface area contributed by atoms with Crippen molar-refractivity contribution in [2.45, 2.75) is 32.9 Å². The number of aliphatic hydroxyl groups is 1. The number of amides is 1. The molecular weight excluding hydrogens is 445 g/mol. The Labute approximate surface area is 190 Å². The van der Waals surface area contributed by atoms with Crippen molar-refractivity contribution in [2.75, 3.05) is 20.3 Å². The third-order valence-electron chi connectivity index (χ3n) is 4.82. The fourth-order valence-electron chi connectivity index (χ4n) is 3.48. The van der Waals surface area contributed by atoms with Crippen LogP contribution in [0.3, 0.4) is 0 Å². The maximum atomic E-state index is 13.0. The van der Waals surface area contributed by atoms with Crippen LogP contribution < -0.4 is 4.74 Å². The summed E-state index contributed by atoms with van der Waals surface area (Å²) < 4.78 is 16.6. The van der Waals surface area contributed by atoms with Crippen LogP contribution in [0.15, 0.2) is 34.3 Å². The SMILES string of the molecule is COc1c(Cl)cc(Cl)cc1/C(O)=C1\C(=O)C(=O)N(CCOC(C)C)C1c1ccc(C)o1. The molecule has 1 unspecified atom stereocenters. The molecule has 0 saturated carbocycles. The lowest BCUT2D eigenvalue weighted by atomic mass is 9.98. The van der Waals surface area contributed by atoms with Crippen molar-refractivity contribution in [1.29, 1.82) is 0 Å². The second-order valence-electron chi connectivity index (χ2n) is 7.33. The van der Waals surface area contributed by atoms with Crippen LogP contribution in [0.1, 0.15) is 37.0 Å². The number of ether oxygens (including phenoxy) is 2. The zero-order chi connectivity index (χ0) is 22.9. The molecule has 1 saturated heterocycles. The van der Waals surface area contributed by atoms with E-state index in [0.29, 0.717) is 11.5 Å². The number of likely N-dealkylation sites (tertiary alicyclic amines) is 1. The van der Waals surface area contributed by atoms with Crippen molar-refractivity contribution in [3.8, 4) is 5.75 Å². The highest BCUT2D eigenvalue weighted by Gasteiger charge is 2.47. The molecule has 1 fully saturated rings. The van der Waals surface area contributed by atoms with E-state index in [4.69, 9.17) is 37.1 Å². The zero-order valence-electron chi connectivity index (χ0n) is 17.6. The first-order valence-corrected chi connectivity index (χ1v) is 10.4. The number of ketones is 1. The topological polar surface area (TPSA) is 89.2 Å². The molecule has 2 aromatic rings. The number of hydrogen-bond donors (Lipinski definition) is 1. The van der Waals surface area contributed by atoms with Crippen molar-refractivity contribution in [2.24, 2.45) is 0 Å². The normalized spacial score (nSPS) is 18.3. The van der Waals surface area contributed by atoms with Crippen molar-refractivity contribution >= 4 is 40.7 Å². The molecule has 1 aromatic heterocycles. The van der Waals surface area contributed by atoms with Crippen LogP contribution in [0.2, 0.25) is 10.0 Å². The average Bonchev–Trinajstić information content (AvgIpc) is 3.23. The molecule has 1 atom stereocenters. The number of carbonyl (C=O) groups excluding carboxylic acids is 2. The lowest BCUT2D eigenvalue weighted by Gasteiger charge is -2.24. The summed E-state index contributed by atoms with van der Waals surface area (Å²) in [5, 5.41) is 11.5. The molecule has 1 aliphatic rings. The Morgan fingerprint density at radius 1 is 1.26 bits per heavy atom. The summed E-state index contributed by atoms with van der Waals surface area (Å²) in [5.41, 5.74) is -0.0368. The Bertz CT molecular complexity index is 1040. The number of rotatable bonds is 7. The first-order valence-electron chi connectivity index (χ1n) is 9.65. The lowest BCUT2D eigenvalue weighted by Crippen LogP contribution is -2.33. The van der Waals surface area contributed by atoms with Gasteiger partial charge in [-0.15, -0.1) is 0 Å². The van der Waals surface area contributed by atoms with E-state index in [2.05, 4.69) is 0 Å². The molecule has 31 heavy (non-hydrogen) atoms. The molecule has 1 N–H and O–H groups in total. The largest absolute Gasteiger partial charge is 0.507 e. The highest BCUT2D eigenvalue weighted by atomic mass is 35.5. The molecule has 1 aromatic carbocycles. The number of carbonyl (C=O) groups is 2. The fraction of sp³-hybridized carbons (Fsp3) is 0.364. The molecule has 0 aliphatic carbocycles. The molecule has 1 amide bonds. The van der Waals surface area contributed by atoms with E-state index in [1.807, 2.05) is 13.8 Å². The van der Waals surface area contributed by atoms with E-state index in [9.17, 15) is 14.7 Å². The minimum absolute atomic E-state index is 0.0426. The highest BCUT2D eigenvalue weighted by molar-refractivity contribution is 6.46. The maximum Gasteiger partial charge on any atom is 0.295 e. The Kier molecular flexibility index (Phi) is 6.99. The molecule has 7 nitrogen and oxygen atoms in total. The van der Waals surface area contributed by atoms with E-state index in [1.165, 1.54) is 24.1 Å². The molecule has 2 heterocycles. The van der Waals surface area contributed by atoms with Crippen molar-refractivity contribution in [3.05, 3.63) is 57.0 Å². The number of halogens is 2. The van der Waals surface area contributed by atoms with Crippen molar-refractivity contribution < 1.29 is 28.6 Å². The van der Waals surface area contributed by atoms with Gasteiger partial charge in [0.2, 0.25) is 0 Å². The van der Waals surface area contributed by atoms with Crippen LogP contribution in [0, 0.1) is 6.92 Å². The molecule has 0 radical (unpaired) electrons. The summed E-state index contributed by atoms with van der Waals surface area (Å²) in [6, 6.07) is 5.32. The Hall–Kier alpha value is -2.48. The van der Waals surface area contributed by atoms with E-state index >= 15 is 0 Å². The number of benzene rings is 1. The van der Waals surface area contributed by atoms with Crippen molar-refractivity contribution in [1.82, 2.24) is 4.90 Å². The van der Waals surface area contributed by atoms with Gasteiger partial charge in [0.15, 0.2) is 0 Å². The highest BCUT2D eigenvalue weighted by Crippen LogP contribution is 2.43. The van der Waals surface area contributed by atoms with Crippen LogP contribution in [0.25, 0.3) is 5.76 Å². The number of aliphatic hydroxyl groups excluding tert-OH is 1. The third kappa shape index (κ3) is 4.59. The maximum absolute atomic E-state index is 13.0. The Morgan fingerprint density at radius 3 is 2.55 bits per heavy atom. The minimum Gasteiger partial charge on any atom is -0.507 e. The van der Waals surface area contributed by atoms with Gasteiger partial charge < -0.3 is 23.9 Å². The van der Waals surface area contributed by atoms with Gasteiger partial charge in [-0.2, -0.15) is 0 Å². The summed E-state index contributed by atoms with van der Waals surface area (Å²) in [6.07, 6.45) is -0.0426. The average molecular weight is 468 g/mol. The van der Waals surface area contributed by atoms with Crippen LogP contribution in [-0.2, 0) is 14.3 Å². The predicted molar refractivity (Wildman–Crippen MR) is 117 cm³/mol. The summed E-state index contributed by atoms with van der Waals surface area (Å²) >= 11 is 12.3. The molecule has 3 rings (SSSR count). The van der Waals surface area contributed by atoms with E-state index < -0.39 is 23.5 Å². The van der Waals surface area contributed by atoms with Crippen LogP contribution >= 0.6 is 23.2 Å². The number of hydrogen-bond acceptors (Lipinski definition) is 6. The van der Waals surface area contributed by atoms with Crippen LogP contribution in [-0.4, -0.2) is 48.1 Å². The second kappa shape index (κ2) is 9.34. The lowest BCUT2D eigenvalue weighted by molar-refractivity contribution is -0.140. The van der Waals surface area contributed by atoms with Gasteiger partial charge in [-0.1, -0.05) is 23.2 Å². The van der Waals surface area contributed by atoms with E-state index in [1.54, 1.807) is 19.1 Å². The first-order chi connectivity index (χ1) is 14.6. The van der Waals surface area contributed by atoms with E-state index in [-0.39, 0.29) is 46.2 Å².